The van der Waals surface area contributed by atoms with Crippen LogP contribution < -0.4 is 10.1 Å². The van der Waals surface area contributed by atoms with Gasteiger partial charge in [-0.15, -0.1) is 0 Å². The van der Waals surface area contributed by atoms with Gasteiger partial charge in [0.1, 0.15) is 23.8 Å². The van der Waals surface area contributed by atoms with Gasteiger partial charge in [0.15, 0.2) is 0 Å². The van der Waals surface area contributed by atoms with Crippen molar-refractivity contribution in [1.29, 1.82) is 5.26 Å². The van der Waals surface area contributed by atoms with Gasteiger partial charge in [0, 0.05) is 5.56 Å². The minimum Gasteiger partial charge on any atom is -0.492 e. The van der Waals surface area contributed by atoms with Crippen LogP contribution in [0.4, 0.5) is 0 Å². The summed E-state index contributed by atoms with van der Waals surface area (Å²) < 4.78 is 5.50. The summed E-state index contributed by atoms with van der Waals surface area (Å²) in [7, 11) is 0. The van der Waals surface area contributed by atoms with Crippen molar-refractivity contribution in [3.8, 4) is 11.8 Å². The van der Waals surface area contributed by atoms with Crippen molar-refractivity contribution >= 4 is 5.91 Å². The topological polar surface area (TPSA) is 62.1 Å². The number of nitrogens with one attached hydrogen (secondary N) is 1. The molecule has 19 heavy (non-hydrogen) atoms. The number of benzene rings is 1. The van der Waals surface area contributed by atoms with E-state index in [0.717, 1.165) is 11.3 Å². The van der Waals surface area contributed by atoms with Crippen molar-refractivity contribution < 1.29 is 9.53 Å². The second kappa shape index (κ2) is 5.31. The van der Waals surface area contributed by atoms with Gasteiger partial charge < -0.3 is 10.1 Å². The Balaban J connectivity index is 2.17. The van der Waals surface area contributed by atoms with Crippen LogP contribution in [0, 0.1) is 11.3 Å². The number of carbonyl (C=O) groups is 1. The molecule has 1 aromatic carbocycles. The molecule has 1 amide bonds. The van der Waals surface area contributed by atoms with E-state index in [1.807, 2.05) is 38.1 Å². The maximum atomic E-state index is 12.4. The molecule has 0 saturated heterocycles. The predicted molar refractivity (Wildman–Crippen MR) is 71.7 cm³/mol. The number of hydrogen-bond donors (Lipinski definition) is 1. The van der Waals surface area contributed by atoms with Crippen LogP contribution in [-0.2, 0) is 4.79 Å². The normalized spacial score (nSPS) is 17.2. The van der Waals surface area contributed by atoms with E-state index in [0.29, 0.717) is 19.4 Å². The fourth-order valence-corrected chi connectivity index (χ4v) is 2.32. The van der Waals surface area contributed by atoms with Crippen molar-refractivity contribution in [2.24, 2.45) is 0 Å². The number of hydrogen-bond acceptors (Lipinski definition) is 3. The van der Waals surface area contributed by atoms with Crippen LogP contribution >= 0.6 is 0 Å². The highest BCUT2D eigenvalue weighted by Gasteiger charge is 2.35. The van der Waals surface area contributed by atoms with E-state index in [1.165, 1.54) is 0 Å². The zero-order valence-electron chi connectivity index (χ0n) is 11.3. The Labute approximate surface area is 113 Å². The van der Waals surface area contributed by atoms with Crippen LogP contribution in [0.25, 0.3) is 0 Å². The third kappa shape index (κ3) is 2.41. The van der Waals surface area contributed by atoms with Crippen LogP contribution in [0.15, 0.2) is 24.3 Å². The largest absolute Gasteiger partial charge is 0.492 e. The molecule has 1 N–H and O–H groups in total. The van der Waals surface area contributed by atoms with E-state index < -0.39 is 5.54 Å². The molecule has 0 aliphatic carbocycles. The zero-order chi connectivity index (χ0) is 13.9. The predicted octanol–water partition coefficient (Wildman–Crippen LogP) is 2.36. The van der Waals surface area contributed by atoms with E-state index >= 15 is 0 Å². The number of ether oxygens (including phenoxy) is 1. The van der Waals surface area contributed by atoms with Gasteiger partial charge in [0.25, 0.3) is 0 Å². The van der Waals surface area contributed by atoms with Crippen LogP contribution in [0.2, 0.25) is 0 Å². The standard InChI is InChI=1S/C15H18N2O2/c1-3-15(4-2,10-16)17-14(18)12-9-19-13-8-6-5-7-11(12)13/h5-8,12H,3-4,9H2,1-2H3,(H,17,18). The number of nitrogens with zero attached hydrogens (tertiary/aromatic N) is 1. The maximum absolute atomic E-state index is 12.4. The Morgan fingerprint density at radius 3 is 2.79 bits per heavy atom. The molecular formula is C15H18N2O2. The molecule has 0 spiro atoms. The van der Waals surface area contributed by atoms with Crippen molar-refractivity contribution in [3.63, 3.8) is 0 Å². The first kappa shape index (κ1) is 13.4. The summed E-state index contributed by atoms with van der Waals surface area (Å²) in [5, 5.41) is 12.1. The summed E-state index contributed by atoms with van der Waals surface area (Å²) in [5.41, 5.74) is 0.133. The molecule has 0 saturated carbocycles. The highest BCUT2D eigenvalue weighted by molar-refractivity contribution is 5.86. The summed E-state index contributed by atoms with van der Waals surface area (Å²) in [4.78, 5) is 12.4. The molecule has 2 rings (SSSR count). The van der Waals surface area contributed by atoms with Gasteiger partial charge in [-0.25, -0.2) is 0 Å². The van der Waals surface area contributed by atoms with Gasteiger partial charge in [0.2, 0.25) is 5.91 Å². The molecule has 1 aliphatic rings. The molecule has 0 fully saturated rings. The SMILES string of the molecule is CCC(C#N)(CC)NC(=O)C1COc2ccccc21. The summed E-state index contributed by atoms with van der Waals surface area (Å²) in [6.07, 6.45) is 1.20. The average molecular weight is 258 g/mol. The van der Waals surface area contributed by atoms with Crippen LogP contribution in [-0.4, -0.2) is 18.1 Å². The molecule has 1 aliphatic heterocycles. The van der Waals surface area contributed by atoms with Crippen LogP contribution in [0.1, 0.15) is 38.2 Å². The van der Waals surface area contributed by atoms with Crippen molar-refractivity contribution in [3.05, 3.63) is 29.8 Å². The quantitative estimate of drug-likeness (QED) is 0.901. The Hall–Kier alpha value is -2.02. The van der Waals surface area contributed by atoms with Gasteiger partial charge in [-0.3, -0.25) is 4.79 Å². The van der Waals surface area contributed by atoms with Crippen LogP contribution in [0.5, 0.6) is 5.75 Å². The lowest BCUT2D eigenvalue weighted by molar-refractivity contribution is -0.124. The Morgan fingerprint density at radius 1 is 1.47 bits per heavy atom. The fraction of sp³-hybridized carbons (Fsp3) is 0.467. The monoisotopic (exact) mass is 258 g/mol. The third-order valence-electron chi connectivity index (χ3n) is 3.80. The van der Waals surface area contributed by atoms with Gasteiger partial charge in [-0.05, 0) is 18.9 Å². The Morgan fingerprint density at radius 2 is 2.16 bits per heavy atom. The molecule has 0 aromatic heterocycles. The number of amides is 1. The molecule has 1 unspecified atom stereocenters. The number of nitriles is 1. The molecule has 1 heterocycles. The lowest BCUT2D eigenvalue weighted by atomic mass is 9.92. The molecule has 0 bridgehead atoms. The number of carbonyl (C=O) groups excluding carboxylic acids is 1. The highest BCUT2D eigenvalue weighted by atomic mass is 16.5. The van der Waals surface area contributed by atoms with E-state index in [9.17, 15) is 10.1 Å². The van der Waals surface area contributed by atoms with Gasteiger partial charge in [0.05, 0.1) is 6.07 Å². The third-order valence-corrected chi connectivity index (χ3v) is 3.80. The zero-order valence-corrected chi connectivity index (χ0v) is 11.3. The van der Waals surface area contributed by atoms with Crippen LogP contribution in [0.3, 0.4) is 0 Å². The van der Waals surface area contributed by atoms with Gasteiger partial charge in [-0.2, -0.15) is 5.26 Å². The number of rotatable bonds is 4. The first-order chi connectivity index (χ1) is 9.15. The minimum atomic E-state index is -0.769. The molecular weight excluding hydrogens is 240 g/mol. The second-order valence-corrected chi connectivity index (χ2v) is 4.79. The van der Waals surface area contributed by atoms with E-state index in [-0.39, 0.29) is 11.8 Å². The van der Waals surface area contributed by atoms with Gasteiger partial charge >= 0.3 is 0 Å². The first-order valence-corrected chi connectivity index (χ1v) is 6.60. The molecule has 4 heteroatoms. The Kier molecular flexibility index (Phi) is 3.75. The first-order valence-electron chi connectivity index (χ1n) is 6.60. The van der Waals surface area contributed by atoms with Gasteiger partial charge in [-0.1, -0.05) is 32.0 Å². The van der Waals surface area contributed by atoms with Crippen molar-refractivity contribution in [1.82, 2.24) is 5.32 Å². The second-order valence-electron chi connectivity index (χ2n) is 4.79. The summed E-state index contributed by atoms with van der Waals surface area (Å²) >= 11 is 0. The molecule has 100 valence electrons. The maximum Gasteiger partial charge on any atom is 0.232 e. The molecule has 1 atom stereocenters. The highest BCUT2D eigenvalue weighted by Crippen LogP contribution is 2.34. The lowest BCUT2D eigenvalue weighted by Gasteiger charge is -2.26. The fourth-order valence-electron chi connectivity index (χ4n) is 2.32. The number of para-hydroxylation sites is 1. The smallest absolute Gasteiger partial charge is 0.232 e. The molecule has 0 radical (unpaired) electrons. The van der Waals surface area contributed by atoms with E-state index in [2.05, 4.69) is 11.4 Å². The summed E-state index contributed by atoms with van der Waals surface area (Å²) in [5.74, 6) is 0.315. The molecule has 4 nitrogen and oxygen atoms in total. The van der Waals surface area contributed by atoms with E-state index in [4.69, 9.17) is 4.74 Å². The molecule has 1 aromatic rings. The van der Waals surface area contributed by atoms with Crippen molar-refractivity contribution in [2.75, 3.05) is 6.61 Å². The lowest BCUT2D eigenvalue weighted by Crippen LogP contribution is -2.48. The minimum absolute atomic E-state index is 0.129. The van der Waals surface area contributed by atoms with Crippen molar-refractivity contribution in [2.45, 2.75) is 38.1 Å². The average Bonchev–Trinajstić information content (AvgIpc) is 2.89. The van der Waals surface area contributed by atoms with E-state index in [1.54, 1.807) is 0 Å². The summed E-state index contributed by atoms with van der Waals surface area (Å²) in [6.45, 7) is 4.16. The summed E-state index contributed by atoms with van der Waals surface area (Å²) in [6, 6.07) is 9.76. The Bertz CT molecular complexity index is 515. The number of fused-ring (bicyclic) bond motifs is 1.